The first-order valence-electron chi connectivity index (χ1n) is 12.8. The molecule has 0 aliphatic heterocycles. The first-order valence-corrected chi connectivity index (χ1v) is 14.5. The molecule has 2 fully saturated rings. The molecule has 8 heteroatoms. The van der Waals surface area contributed by atoms with Crippen LogP contribution in [0.1, 0.15) is 93.6 Å². The summed E-state index contributed by atoms with van der Waals surface area (Å²) in [6.45, 7) is 8.54. The maximum atomic E-state index is 14.0. The van der Waals surface area contributed by atoms with Crippen LogP contribution in [0.15, 0.2) is 29.7 Å². The number of hydrogen-bond acceptors (Lipinski definition) is 6. The Morgan fingerprint density at radius 3 is 2.23 bits per heavy atom. The van der Waals surface area contributed by atoms with E-state index in [9.17, 15) is 14.7 Å². The van der Waals surface area contributed by atoms with E-state index in [1.54, 1.807) is 24.2 Å². The van der Waals surface area contributed by atoms with Gasteiger partial charge in [-0.3, -0.25) is 4.79 Å². The monoisotopic (exact) mass is 515 g/mol. The van der Waals surface area contributed by atoms with Gasteiger partial charge in [0, 0.05) is 34.5 Å². The van der Waals surface area contributed by atoms with Crippen molar-refractivity contribution in [3.05, 3.63) is 34.3 Å². The summed E-state index contributed by atoms with van der Waals surface area (Å²) in [5, 5.41) is 11.3. The van der Waals surface area contributed by atoms with Crippen molar-refractivity contribution in [2.45, 2.75) is 101 Å². The quantitative estimate of drug-likeness (QED) is 0.426. The molecule has 2 saturated carbocycles. The maximum absolute atomic E-state index is 14.0. The van der Waals surface area contributed by atoms with Gasteiger partial charge < -0.3 is 10.0 Å². The van der Waals surface area contributed by atoms with Gasteiger partial charge in [0.15, 0.2) is 5.16 Å². The summed E-state index contributed by atoms with van der Waals surface area (Å²) in [5.41, 5.74) is 0.435. The Labute approximate surface area is 216 Å². The maximum Gasteiger partial charge on any atom is 0.348 e. The lowest BCUT2D eigenvalue weighted by atomic mass is 9.81. The van der Waals surface area contributed by atoms with Crippen molar-refractivity contribution in [3.63, 3.8) is 0 Å². The van der Waals surface area contributed by atoms with Crippen molar-refractivity contribution in [3.8, 4) is 0 Å². The number of thiophene rings is 1. The third-order valence-corrected chi connectivity index (χ3v) is 10.1. The van der Waals surface area contributed by atoms with Gasteiger partial charge in [-0.15, -0.1) is 11.3 Å². The predicted molar refractivity (Wildman–Crippen MR) is 143 cm³/mol. The number of aromatic carboxylic acids is 1. The highest BCUT2D eigenvalue weighted by molar-refractivity contribution is 7.99. The molecule has 2 aromatic heterocycles. The van der Waals surface area contributed by atoms with E-state index in [1.165, 1.54) is 11.3 Å². The van der Waals surface area contributed by atoms with Crippen LogP contribution >= 0.6 is 23.1 Å². The Kier molecular flexibility index (Phi) is 8.21. The van der Waals surface area contributed by atoms with Crippen molar-refractivity contribution < 1.29 is 14.7 Å². The Morgan fingerprint density at radius 2 is 1.66 bits per heavy atom. The van der Waals surface area contributed by atoms with Crippen molar-refractivity contribution in [2.75, 3.05) is 4.90 Å². The molecule has 0 aromatic carbocycles. The van der Waals surface area contributed by atoms with Gasteiger partial charge in [0.25, 0.3) is 0 Å². The number of hydrogen-bond donors (Lipinski definition) is 1. The lowest BCUT2D eigenvalue weighted by molar-refractivity contribution is -0.124. The number of nitrogens with zero attached hydrogens (tertiary/aromatic N) is 3. The van der Waals surface area contributed by atoms with E-state index in [-0.39, 0.29) is 23.3 Å². The van der Waals surface area contributed by atoms with Crippen LogP contribution in [0.5, 0.6) is 0 Å². The molecule has 0 atom stereocenters. The molecular weight excluding hydrogens is 478 g/mol. The molecule has 2 aromatic rings. The zero-order valence-electron chi connectivity index (χ0n) is 21.2. The van der Waals surface area contributed by atoms with Crippen LogP contribution in [-0.4, -0.2) is 38.2 Å². The first kappa shape index (κ1) is 26.1. The second kappa shape index (κ2) is 11.0. The van der Waals surface area contributed by atoms with Crippen molar-refractivity contribution in [1.82, 2.24) is 9.97 Å². The third-order valence-electron chi connectivity index (χ3n) is 7.33. The number of anilines is 1. The van der Waals surface area contributed by atoms with Gasteiger partial charge in [-0.1, -0.05) is 39.5 Å². The minimum Gasteiger partial charge on any atom is -0.477 e. The van der Waals surface area contributed by atoms with E-state index >= 15 is 0 Å². The number of aromatic nitrogens is 2. The van der Waals surface area contributed by atoms with Crippen LogP contribution in [0.25, 0.3) is 0 Å². The summed E-state index contributed by atoms with van der Waals surface area (Å²) in [4.78, 5) is 38.2. The van der Waals surface area contributed by atoms with Crippen LogP contribution in [0.2, 0.25) is 0 Å². The fourth-order valence-corrected chi connectivity index (χ4v) is 7.29. The highest BCUT2D eigenvalue weighted by atomic mass is 32.2. The number of amides is 1. The number of carboxylic acid groups (broad SMARTS) is 1. The van der Waals surface area contributed by atoms with Gasteiger partial charge in [-0.2, -0.15) is 0 Å². The molecule has 6 nitrogen and oxygen atoms in total. The summed E-state index contributed by atoms with van der Waals surface area (Å²) in [6, 6.07) is 3.83. The SMILES string of the molecule is CC(C)(C)c1cc(N(C(=O)[C@H]2CC[C@H](C)CC2)[C@H]2CC[C@H](Sc3ncccn3)CC2)c(C(=O)O)s1. The Bertz CT molecular complexity index is 1020. The lowest BCUT2D eigenvalue weighted by Crippen LogP contribution is -2.46. The summed E-state index contributed by atoms with van der Waals surface area (Å²) < 4.78 is 0. The summed E-state index contributed by atoms with van der Waals surface area (Å²) in [6.07, 6.45) is 11.1. The fraction of sp³-hybridized carbons (Fsp3) is 0.630. The van der Waals surface area contributed by atoms with E-state index in [2.05, 4.69) is 37.7 Å². The van der Waals surface area contributed by atoms with Crippen LogP contribution in [-0.2, 0) is 10.2 Å². The van der Waals surface area contributed by atoms with Crippen molar-refractivity contribution in [1.29, 1.82) is 0 Å². The van der Waals surface area contributed by atoms with E-state index in [0.717, 1.165) is 61.4 Å². The minimum absolute atomic E-state index is 0.0179. The summed E-state index contributed by atoms with van der Waals surface area (Å²) in [7, 11) is 0. The minimum atomic E-state index is -0.943. The van der Waals surface area contributed by atoms with Gasteiger partial charge >= 0.3 is 5.97 Å². The lowest BCUT2D eigenvalue weighted by Gasteiger charge is -2.39. The van der Waals surface area contributed by atoms with Crippen LogP contribution in [0.4, 0.5) is 5.69 Å². The van der Waals surface area contributed by atoms with Crippen LogP contribution < -0.4 is 4.90 Å². The van der Waals surface area contributed by atoms with Crippen molar-refractivity contribution in [2.24, 2.45) is 11.8 Å². The molecule has 0 radical (unpaired) electrons. The van der Waals surface area contributed by atoms with Gasteiger partial charge in [-0.25, -0.2) is 14.8 Å². The molecule has 2 aliphatic carbocycles. The number of carbonyl (C=O) groups is 2. The Hall–Kier alpha value is -1.93. The predicted octanol–water partition coefficient (Wildman–Crippen LogP) is 6.80. The molecule has 35 heavy (non-hydrogen) atoms. The molecule has 4 rings (SSSR count). The molecule has 0 unspecified atom stereocenters. The third kappa shape index (κ3) is 6.26. The zero-order valence-corrected chi connectivity index (χ0v) is 22.8. The van der Waals surface area contributed by atoms with Gasteiger partial charge in [-0.05, 0) is 74.8 Å². The van der Waals surface area contributed by atoms with E-state index in [1.807, 2.05) is 17.0 Å². The zero-order chi connectivity index (χ0) is 25.2. The first-order chi connectivity index (χ1) is 16.6. The normalized spacial score (nSPS) is 25.3. The largest absolute Gasteiger partial charge is 0.477 e. The van der Waals surface area contributed by atoms with Crippen LogP contribution in [0, 0.1) is 11.8 Å². The van der Waals surface area contributed by atoms with Gasteiger partial charge in [0.2, 0.25) is 5.91 Å². The van der Waals surface area contributed by atoms with E-state index in [4.69, 9.17) is 0 Å². The standard InChI is InChI=1S/C27H37N3O3S2/c1-17-6-8-18(9-7-17)24(31)30(21-16-22(27(2,3)4)35-23(21)25(32)33)19-10-12-20(13-11-19)34-26-28-14-5-15-29-26/h5,14-20H,6-13H2,1-4H3,(H,32,33)/t17-,18-,19-,20-. The molecule has 0 bridgehead atoms. The molecule has 0 spiro atoms. The molecule has 1 amide bonds. The molecule has 190 valence electrons. The summed E-state index contributed by atoms with van der Waals surface area (Å²) in [5.74, 6) is -0.180. The van der Waals surface area contributed by atoms with Crippen LogP contribution in [0.3, 0.4) is 0 Å². The average Bonchev–Trinajstić information content (AvgIpc) is 3.27. The summed E-state index contributed by atoms with van der Waals surface area (Å²) >= 11 is 3.03. The topological polar surface area (TPSA) is 83.4 Å². The second-order valence-electron chi connectivity index (χ2n) is 11.1. The molecule has 2 heterocycles. The molecule has 1 N–H and O–H groups in total. The highest BCUT2D eigenvalue weighted by Gasteiger charge is 2.38. The second-order valence-corrected chi connectivity index (χ2v) is 13.4. The van der Waals surface area contributed by atoms with E-state index in [0.29, 0.717) is 21.7 Å². The Balaban J connectivity index is 1.60. The van der Waals surface area contributed by atoms with Gasteiger partial charge in [0.05, 0.1) is 5.69 Å². The molecule has 2 aliphatic rings. The number of carboxylic acids is 1. The number of thioether (sulfide) groups is 1. The molecule has 0 saturated heterocycles. The van der Waals surface area contributed by atoms with Crippen molar-refractivity contribution >= 4 is 40.7 Å². The number of carbonyl (C=O) groups excluding carboxylic acids is 1. The number of rotatable bonds is 6. The highest BCUT2D eigenvalue weighted by Crippen LogP contribution is 2.43. The fourth-order valence-electron chi connectivity index (χ4n) is 5.20. The van der Waals surface area contributed by atoms with Gasteiger partial charge in [0.1, 0.15) is 4.88 Å². The van der Waals surface area contributed by atoms with E-state index < -0.39 is 5.97 Å². The Morgan fingerprint density at radius 1 is 1.03 bits per heavy atom. The molecular formula is C27H37N3O3S2. The average molecular weight is 516 g/mol. The smallest absolute Gasteiger partial charge is 0.348 e.